The van der Waals surface area contributed by atoms with Gasteiger partial charge in [-0.25, -0.2) is 4.79 Å². The van der Waals surface area contributed by atoms with Gasteiger partial charge in [0.1, 0.15) is 5.75 Å². The van der Waals surface area contributed by atoms with E-state index in [2.05, 4.69) is 25.9 Å². The van der Waals surface area contributed by atoms with Gasteiger partial charge in [-0.3, -0.25) is 13.9 Å². The number of nitrogens with zero attached hydrogens (tertiary/aromatic N) is 3. The largest absolute Gasteiger partial charge is 0.424 e. The topological polar surface area (TPSA) is 81.9 Å². The fraction of sp³-hybridized carbons (Fsp3) is 0.154. The number of H-pyrrole nitrogens is 1. The summed E-state index contributed by atoms with van der Waals surface area (Å²) < 4.78 is 8.67. The minimum Gasteiger partial charge on any atom is -0.424 e. The minimum atomic E-state index is -0.442. The molecule has 0 amide bonds. The third-order valence-corrected chi connectivity index (χ3v) is 3.77. The normalized spacial score (nSPS) is 11.0. The first kappa shape index (κ1) is 13.6. The lowest BCUT2D eigenvalue weighted by Gasteiger charge is -2.02. The quantitative estimate of drug-likeness (QED) is 0.759. The van der Waals surface area contributed by atoms with Crippen LogP contribution in [0.1, 0.15) is 0 Å². The van der Waals surface area contributed by atoms with Crippen molar-refractivity contribution in [2.45, 2.75) is 0 Å². The molecule has 0 aliphatic carbocycles. The number of nitrogens with one attached hydrogen (secondary N) is 1. The van der Waals surface area contributed by atoms with Crippen LogP contribution in [0.15, 0.2) is 38.3 Å². The van der Waals surface area contributed by atoms with Crippen LogP contribution in [0.5, 0.6) is 11.8 Å². The number of imidazole rings is 1. The number of aromatic nitrogens is 4. The third kappa shape index (κ3) is 2.17. The molecule has 1 aromatic carbocycles. The zero-order valence-electron chi connectivity index (χ0n) is 11.3. The van der Waals surface area contributed by atoms with E-state index in [0.29, 0.717) is 5.75 Å². The van der Waals surface area contributed by atoms with E-state index in [0.717, 1.165) is 9.04 Å². The fourth-order valence-electron chi connectivity index (χ4n) is 1.98. The molecular formula is C13H11BrN4O3. The zero-order chi connectivity index (χ0) is 15.1. The number of ether oxygens (including phenoxy) is 1. The Labute approximate surface area is 126 Å². The Kier molecular flexibility index (Phi) is 3.17. The van der Waals surface area contributed by atoms with Crippen LogP contribution in [0.4, 0.5) is 0 Å². The maximum atomic E-state index is 12.0. The van der Waals surface area contributed by atoms with Gasteiger partial charge in [-0.05, 0) is 28.1 Å². The second-order valence-electron chi connectivity index (χ2n) is 4.48. The first-order valence-electron chi connectivity index (χ1n) is 6.07. The van der Waals surface area contributed by atoms with Gasteiger partial charge in [0, 0.05) is 14.1 Å². The monoisotopic (exact) mass is 350 g/mol. The zero-order valence-corrected chi connectivity index (χ0v) is 12.8. The SMILES string of the molecule is Cn1c(=O)c2[nH]c(Oc3ccccc3Br)nc2n(C)c1=O. The highest BCUT2D eigenvalue weighted by Gasteiger charge is 2.14. The van der Waals surface area contributed by atoms with E-state index in [1.807, 2.05) is 18.2 Å². The van der Waals surface area contributed by atoms with Gasteiger partial charge in [-0.15, -0.1) is 0 Å². The first-order valence-corrected chi connectivity index (χ1v) is 6.86. The van der Waals surface area contributed by atoms with E-state index in [4.69, 9.17) is 4.74 Å². The molecule has 2 aromatic heterocycles. The highest BCUT2D eigenvalue weighted by atomic mass is 79.9. The summed E-state index contributed by atoms with van der Waals surface area (Å²) in [7, 11) is 2.96. The van der Waals surface area contributed by atoms with Crippen LogP contribution in [-0.4, -0.2) is 19.1 Å². The van der Waals surface area contributed by atoms with Crippen LogP contribution in [0.3, 0.4) is 0 Å². The van der Waals surface area contributed by atoms with E-state index in [1.54, 1.807) is 13.1 Å². The van der Waals surface area contributed by atoms with Crippen LogP contribution >= 0.6 is 15.9 Å². The number of rotatable bonds is 2. The summed E-state index contributed by atoms with van der Waals surface area (Å²) in [4.78, 5) is 30.9. The molecule has 1 N–H and O–H groups in total. The molecule has 0 fully saturated rings. The predicted molar refractivity (Wildman–Crippen MR) is 80.8 cm³/mol. The molecule has 0 atom stereocenters. The molecule has 0 radical (unpaired) electrons. The number of para-hydroxylation sites is 1. The Balaban J connectivity index is 2.17. The van der Waals surface area contributed by atoms with Crippen molar-refractivity contribution in [1.82, 2.24) is 19.1 Å². The van der Waals surface area contributed by atoms with Crippen molar-refractivity contribution in [3.05, 3.63) is 49.6 Å². The first-order chi connectivity index (χ1) is 9.99. The van der Waals surface area contributed by atoms with Gasteiger partial charge in [0.25, 0.3) is 5.56 Å². The molecule has 3 rings (SSSR count). The van der Waals surface area contributed by atoms with Crippen molar-refractivity contribution >= 4 is 27.1 Å². The van der Waals surface area contributed by atoms with Gasteiger partial charge in [0.2, 0.25) is 0 Å². The summed E-state index contributed by atoms with van der Waals surface area (Å²) in [5.41, 5.74) is -0.402. The molecule has 0 aliphatic rings. The molecule has 3 aromatic rings. The van der Waals surface area contributed by atoms with Crippen molar-refractivity contribution in [1.29, 1.82) is 0 Å². The van der Waals surface area contributed by atoms with E-state index >= 15 is 0 Å². The second-order valence-corrected chi connectivity index (χ2v) is 5.33. The average molecular weight is 351 g/mol. The van der Waals surface area contributed by atoms with E-state index in [9.17, 15) is 9.59 Å². The number of hydrogen-bond donors (Lipinski definition) is 1. The lowest BCUT2D eigenvalue weighted by molar-refractivity contribution is 0.446. The highest BCUT2D eigenvalue weighted by molar-refractivity contribution is 9.10. The number of hydrogen-bond acceptors (Lipinski definition) is 4. The Morgan fingerprint density at radius 1 is 1.19 bits per heavy atom. The predicted octanol–water partition coefficient (Wildman–Crippen LogP) is 1.52. The standard InChI is InChI=1S/C13H11BrN4O3/c1-17-10-9(11(19)18(2)13(17)20)15-12(16-10)21-8-6-4-3-5-7(8)14/h3-6H,1-2H3,(H,15,16). The fourth-order valence-corrected chi connectivity index (χ4v) is 2.35. The Hall–Kier alpha value is -2.35. The van der Waals surface area contributed by atoms with Crippen LogP contribution in [0.2, 0.25) is 0 Å². The molecule has 0 spiro atoms. The summed E-state index contributed by atoms with van der Waals surface area (Å²) in [6.07, 6.45) is 0. The maximum Gasteiger partial charge on any atom is 0.332 e. The lowest BCUT2D eigenvalue weighted by atomic mass is 10.3. The van der Waals surface area contributed by atoms with Crippen LogP contribution in [-0.2, 0) is 14.1 Å². The average Bonchev–Trinajstić information content (AvgIpc) is 2.89. The van der Waals surface area contributed by atoms with Gasteiger partial charge < -0.3 is 9.72 Å². The lowest BCUT2D eigenvalue weighted by Crippen LogP contribution is -2.36. The number of aryl methyl sites for hydroxylation is 1. The maximum absolute atomic E-state index is 12.0. The van der Waals surface area contributed by atoms with Gasteiger partial charge in [-0.1, -0.05) is 12.1 Å². The summed E-state index contributed by atoms with van der Waals surface area (Å²) in [5, 5.41) is 0. The Bertz CT molecular complexity index is 954. The molecule has 0 saturated carbocycles. The molecule has 7 nitrogen and oxygen atoms in total. The third-order valence-electron chi connectivity index (χ3n) is 3.12. The van der Waals surface area contributed by atoms with Gasteiger partial charge in [0.05, 0.1) is 4.47 Å². The molecular weight excluding hydrogens is 340 g/mol. The van der Waals surface area contributed by atoms with E-state index < -0.39 is 11.2 Å². The number of fused-ring (bicyclic) bond motifs is 1. The second kappa shape index (κ2) is 4.88. The number of halogens is 1. The highest BCUT2D eigenvalue weighted by Crippen LogP contribution is 2.28. The molecule has 0 saturated heterocycles. The summed E-state index contributed by atoms with van der Waals surface area (Å²) in [5.74, 6) is 0.554. The summed E-state index contributed by atoms with van der Waals surface area (Å²) >= 11 is 3.36. The molecule has 0 bridgehead atoms. The minimum absolute atomic E-state index is 0.148. The van der Waals surface area contributed by atoms with Crippen molar-refractivity contribution in [3.63, 3.8) is 0 Å². The van der Waals surface area contributed by atoms with E-state index in [1.165, 1.54) is 11.6 Å². The molecule has 0 unspecified atom stereocenters. The van der Waals surface area contributed by atoms with Crippen LogP contribution < -0.4 is 16.0 Å². The smallest absolute Gasteiger partial charge is 0.332 e. The molecule has 21 heavy (non-hydrogen) atoms. The van der Waals surface area contributed by atoms with E-state index in [-0.39, 0.29) is 17.2 Å². The van der Waals surface area contributed by atoms with Gasteiger partial charge in [0.15, 0.2) is 11.2 Å². The molecule has 8 heteroatoms. The summed E-state index contributed by atoms with van der Waals surface area (Å²) in [6, 6.07) is 7.41. The van der Waals surface area contributed by atoms with Crippen LogP contribution in [0.25, 0.3) is 11.2 Å². The van der Waals surface area contributed by atoms with Crippen molar-refractivity contribution in [2.75, 3.05) is 0 Å². The van der Waals surface area contributed by atoms with Crippen molar-refractivity contribution < 1.29 is 4.74 Å². The van der Waals surface area contributed by atoms with Gasteiger partial charge >= 0.3 is 11.7 Å². The summed E-state index contributed by atoms with van der Waals surface area (Å²) in [6.45, 7) is 0. The van der Waals surface area contributed by atoms with Crippen molar-refractivity contribution in [3.8, 4) is 11.8 Å². The van der Waals surface area contributed by atoms with Crippen LogP contribution in [0, 0.1) is 0 Å². The molecule has 2 heterocycles. The van der Waals surface area contributed by atoms with Gasteiger partial charge in [-0.2, -0.15) is 4.98 Å². The molecule has 0 aliphatic heterocycles. The number of aromatic amines is 1. The number of benzene rings is 1. The van der Waals surface area contributed by atoms with Crippen molar-refractivity contribution in [2.24, 2.45) is 14.1 Å². The Morgan fingerprint density at radius 2 is 1.90 bits per heavy atom. The molecule has 108 valence electrons. The Morgan fingerprint density at radius 3 is 2.62 bits per heavy atom.